The summed E-state index contributed by atoms with van der Waals surface area (Å²) in [6.45, 7) is 1.91. The van der Waals surface area contributed by atoms with Gasteiger partial charge < -0.3 is 11.1 Å². The third-order valence-electron chi connectivity index (χ3n) is 3.12. The predicted molar refractivity (Wildman–Crippen MR) is 81.9 cm³/mol. The highest BCUT2D eigenvalue weighted by Crippen LogP contribution is 2.30. The number of hydrogen-bond donors (Lipinski definition) is 2. The van der Waals surface area contributed by atoms with Gasteiger partial charge in [0, 0.05) is 24.8 Å². The second-order valence-electron chi connectivity index (χ2n) is 4.53. The number of pyridine rings is 1. The van der Waals surface area contributed by atoms with Crippen molar-refractivity contribution in [2.75, 3.05) is 5.73 Å². The lowest BCUT2D eigenvalue weighted by atomic mass is 10.1. The fraction of sp³-hybridized carbons (Fsp3) is 0.143. The standard InChI is InChI=1S/C14H13N5OS/c1-8(9-2-4-16-5-3-9)19-13(20)12-10(15)11-14(21-12)18-7-6-17-11/h2-8H,15H2,1H3,(H,19,20). The summed E-state index contributed by atoms with van der Waals surface area (Å²) in [6.07, 6.45) is 6.53. The van der Waals surface area contributed by atoms with Crippen LogP contribution >= 0.6 is 11.3 Å². The van der Waals surface area contributed by atoms with Gasteiger partial charge in [-0.2, -0.15) is 0 Å². The van der Waals surface area contributed by atoms with Gasteiger partial charge in [-0.3, -0.25) is 9.78 Å². The normalized spacial score (nSPS) is 12.2. The first kappa shape index (κ1) is 13.4. The Morgan fingerprint density at radius 2 is 1.95 bits per heavy atom. The molecule has 0 aliphatic rings. The first-order valence-corrected chi connectivity index (χ1v) is 7.18. The molecule has 0 radical (unpaired) electrons. The van der Waals surface area contributed by atoms with E-state index in [4.69, 9.17) is 5.73 Å². The van der Waals surface area contributed by atoms with E-state index in [-0.39, 0.29) is 11.9 Å². The molecule has 21 heavy (non-hydrogen) atoms. The van der Waals surface area contributed by atoms with Gasteiger partial charge in [0.25, 0.3) is 5.91 Å². The van der Waals surface area contributed by atoms with Crippen molar-refractivity contribution >= 4 is 33.3 Å². The third kappa shape index (κ3) is 2.55. The van der Waals surface area contributed by atoms with Crippen LogP contribution in [0.5, 0.6) is 0 Å². The van der Waals surface area contributed by atoms with Gasteiger partial charge in [0.15, 0.2) is 0 Å². The molecule has 0 bridgehead atoms. The molecule has 0 saturated carbocycles. The van der Waals surface area contributed by atoms with Crippen LogP contribution in [-0.4, -0.2) is 20.9 Å². The lowest BCUT2D eigenvalue weighted by molar-refractivity contribution is 0.0945. The molecule has 1 atom stereocenters. The van der Waals surface area contributed by atoms with E-state index in [1.807, 2.05) is 19.1 Å². The second kappa shape index (κ2) is 5.45. The van der Waals surface area contributed by atoms with Crippen molar-refractivity contribution in [3.63, 3.8) is 0 Å². The van der Waals surface area contributed by atoms with Gasteiger partial charge in [0.05, 0.1) is 11.7 Å². The quantitative estimate of drug-likeness (QED) is 0.773. The molecule has 3 rings (SSSR count). The van der Waals surface area contributed by atoms with Crippen LogP contribution in [0.25, 0.3) is 10.3 Å². The number of nitrogens with two attached hydrogens (primary N) is 1. The minimum Gasteiger partial charge on any atom is -0.396 e. The molecule has 1 amide bonds. The molecule has 106 valence electrons. The fourth-order valence-electron chi connectivity index (χ4n) is 2.01. The number of anilines is 1. The van der Waals surface area contributed by atoms with E-state index < -0.39 is 0 Å². The maximum Gasteiger partial charge on any atom is 0.264 e. The van der Waals surface area contributed by atoms with E-state index in [1.54, 1.807) is 24.8 Å². The topological polar surface area (TPSA) is 93.8 Å². The van der Waals surface area contributed by atoms with Gasteiger partial charge in [-0.15, -0.1) is 11.3 Å². The van der Waals surface area contributed by atoms with Crippen LogP contribution in [0.2, 0.25) is 0 Å². The summed E-state index contributed by atoms with van der Waals surface area (Å²) in [4.78, 5) is 25.8. The monoisotopic (exact) mass is 299 g/mol. The number of amides is 1. The fourth-order valence-corrected chi connectivity index (χ4v) is 2.93. The second-order valence-corrected chi connectivity index (χ2v) is 5.53. The Morgan fingerprint density at radius 1 is 1.24 bits per heavy atom. The zero-order valence-corrected chi connectivity index (χ0v) is 12.1. The number of carbonyl (C=O) groups excluding carboxylic acids is 1. The number of aromatic nitrogens is 3. The van der Waals surface area contributed by atoms with Crippen molar-refractivity contribution in [2.45, 2.75) is 13.0 Å². The third-order valence-corrected chi connectivity index (χ3v) is 4.22. The number of rotatable bonds is 3. The summed E-state index contributed by atoms with van der Waals surface area (Å²) >= 11 is 1.25. The average molecular weight is 299 g/mol. The zero-order valence-electron chi connectivity index (χ0n) is 11.3. The number of fused-ring (bicyclic) bond motifs is 1. The Bertz CT molecular complexity index is 786. The number of carbonyl (C=O) groups is 1. The summed E-state index contributed by atoms with van der Waals surface area (Å²) in [5, 5.41) is 2.92. The molecule has 0 aromatic carbocycles. The van der Waals surface area contributed by atoms with Crippen LogP contribution < -0.4 is 11.1 Å². The lowest BCUT2D eigenvalue weighted by Gasteiger charge is -2.13. The molecule has 3 N–H and O–H groups in total. The van der Waals surface area contributed by atoms with Gasteiger partial charge in [-0.05, 0) is 24.6 Å². The summed E-state index contributed by atoms with van der Waals surface area (Å²) in [5.41, 5.74) is 7.92. The Kier molecular flexibility index (Phi) is 3.49. The molecule has 0 spiro atoms. The van der Waals surface area contributed by atoms with Crippen molar-refractivity contribution < 1.29 is 4.79 Å². The van der Waals surface area contributed by atoms with Gasteiger partial charge >= 0.3 is 0 Å². The van der Waals surface area contributed by atoms with Crippen LogP contribution in [0.3, 0.4) is 0 Å². The Balaban J connectivity index is 1.86. The van der Waals surface area contributed by atoms with E-state index in [2.05, 4.69) is 20.3 Å². The molecular weight excluding hydrogens is 286 g/mol. The van der Waals surface area contributed by atoms with Gasteiger partial charge in [-0.25, -0.2) is 9.97 Å². The molecule has 7 heteroatoms. The van der Waals surface area contributed by atoms with Gasteiger partial charge in [0.1, 0.15) is 15.2 Å². The molecule has 0 saturated heterocycles. The SMILES string of the molecule is CC(NC(=O)c1sc2nccnc2c1N)c1ccncc1. The summed E-state index contributed by atoms with van der Waals surface area (Å²) in [5.74, 6) is -0.221. The van der Waals surface area contributed by atoms with Crippen LogP contribution in [-0.2, 0) is 0 Å². The molecular formula is C14H13N5OS. The molecule has 1 unspecified atom stereocenters. The number of nitrogen functional groups attached to an aromatic ring is 1. The number of hydrogen-bond acceptors (Lipinski definition) is 6. The molecule has 0 aliphatic carbocycles. The largest absolute Gasteiger partial charge is 0.396 e. The van der Waals surface area contributed by atoms with E-state index in [1.165, 1.54) is 11.3 Å². The number of nitrogens with one attached hydrogen (secondary N) is 1. The smallest absolute Gasteiger partial charge is 0.264 e. The highest BCUT2D eigenvalue weighted by Gasteiger charge is 2.19. The predicted octanol–water partition coefficient (Wildman–Crippen LogP) is 2.16. The van der Waals surface area contributed by atoms with E-state index >= 15 is 0 Å². The van der Waals surface area contributed by atoms with Crippen LogP contribution in [0.15, 0.2) is 36.9 Å². The molecule has 3 aromatic rings. The highest BCUT2D eigenvalue weighted by molar-refractivity contribution is 7.21. The lowest BCUT2D eigenvalue weighted by Crippen LogP contribution is -2.26. The average Bonchev–Trinajstić information content (AvgIpc) is 2.86. The number of thiophene rings is 1. The first-order valence-electron chi connectivity index (χ1n) is 6.36. The maximum atomic E-state index is 12.4. The van der Waals surface area contributed by atoms with Crippen molar-refractivity contribution in [3.8, 4) is 0 Å². The van der Waals surface area contributed by atoms with Crippen LogP contribution in [0, 0.1) is 0 Å². The van der Waals surface area contributed by atoms with Crippen molar-refractivity contribution in [1.82, 2.24) is 20.3 Å². The molecule has 3 heterocycles. The van der Waals surface area contributed by atoms with Crippen molar-refractivity contribution in [2.24, 2.45) is 0 Å². The minimum atomic E-state index is -0.221. The summed E-state index contributed by atoms with van der Waals surface area (Å²) < 4.78 is 0. The van der Waals surface area contributed by atoms with Crippen LogP contribution in [0.4, 0.5) is 5.69 Å². The Hall–Kier alpha value is -2.54. The Morgan fingerprint density at radius 3 is 2.67 bits per heavy atom. The van der Waals surface area contributed by atoms with Crippen molar-refractivity contribution in [1.29, 1.82) is 0 Å². The molecule has 6 nitrogen and oxygen atoms in total. The summed E-state index contributed by atoms with van der Waals surface area (Å²) in [7, 11) is 0. The highest BCUT2D eigenvalue weighted by atomic mass is 32.1. The van der Waals surface area contributed by atoms with E-state index in [0.717, 1.165) is 5.56 Å². The number of nitrogens with zero attached hydrogens (tertiary/aromatic N) is 3. The van der Waals surface area contributed by atoms with Gasteiger partial charge in [-0.1, -0.05) is 0 Å². The molecule has 3 aromatic heterocycles. The van der Waals surface area contributed by atoms with Crippen molar-refractivity contribution in [3.05, 3.63) is 47.4 Å². The van der Waals surface area contributed by atoms with Gasteiger partial charge in [0.2, 0.25) is 0 Å². The minimum absolute atomic E-state index is 0.133. The zero-order chi connectivity index (χ0) is 14.8. The maximum absolute atomic E-state index is 12.4. The van der Waals surface area contributed by atoms with Crippen LogP contribution in [0.1, 0.15) is 28.2 Å². The molecule has 0 aliphatic heterocycles. The van der Waals surface area contributed by atoms with E-state index in [9.17, 15) is 4.79 Å². The summed E-state index contributed by atoms with van der Waals surface area (Å²) in [6, 6.07) is 3.59. The molecule has 0 fully saturated rings. The van der Waals surface area contributed by atoms with E-state index in [0.29, 0.717) is 20.9 Å². The Labute approximate surface area is 125 Å². The first-order chi connectivity index (χ1) is 10.2.